The Balaban J connectivity index is 1.47. The summed E-state index contributed by atoms with van der Waals surface area (Å²) in [6.07, 6.45) is -9.76. The van der Waals surface area contributed by atoms with Crippen molar-refractivity contribution in [1.29, 1.82) is 0 Å². The number of amides is 1. The van der Waals surface area contributed by atoms with Crippen LogP contribution in [0.2, 0.25) is 0 Å². The van der Waals surface area contributed by atoms with Crippen LogP contribution >= 0.6 is 0 Å². The molecular formula is C46H72F3N5O10. The maximum Gasteiger partial charge on any atom is 0.416 e. The van der Waals surface area contributed by atoms with Gasteiger partial charge in [0.05, 0.1) is 41.0 Å². The number of ether oxygens (including phenoxy) is 3. The SMILES string of the molecule is CC[C@H]1OC(=O)[C@H](C)[C@@H](O)[C@H](C)[C@@H](O[C@@H]2O[C@H](C)C[C@H](N(C)CCCNC(=O)c3cccnc3Nc3cccc(C(F)(F)F)c3C)[C@H]2O)[C@](C)(O)C[C@@H](C)CN(C)[C@H](C)[C@@H](O)[C@]1(C)O. The van der Waals surface area contributed by atoms with E-state index in [1.807, 2.05) is 30.7 Å². The van der Waals surface area contributed by atoms with E-state index in [-0.39, 0.29) is 47.9 Å². The molecule has 7 N–H and O–H groups in total. The Morgan fingerprint density at radius 1 is 1.06 bits per heavy atom. The summed E-state index contributed by atoms with van der Waals surface area (Å²) < 4.78 is 59.2. The molecule has 0 radical (unpaired) electrons. The number of pyridine rings is 1. The lowest BCUT2D eigenvalue weighted by molar-refractivity contribution is -0.299. The van der Waals surface area contributed by atoms with E-state index in [2.05, 4.69) is 15.6 Å². The van der Waals surface area contributed by atoms with Gasteiger partial charge in [0, 0.05) is 43.0 Å². The minimum Gasteiger partial charge on any atom is -0.459 e. The van der Waals surface area contributed by atoms with Crippen molar-refractivity contribution in [2.45, 2.75) is 160 Å². The topological polar surface area (TPSA) is 206 Å². The third kappa shape index (κ3) is 12.7. The molecule has 2 aliphatic rings. The third-order valence-corrected chi connectivity index (χ3v) is 13.3. The van der Waals surface area contributed by atoms with E-state index in [0.717, 1.165) is 6.07 Å². The molecule has 0 saturated carbocycles. The third-order valence-electron chi connectivity index (χ3n) is 13.3. The quantitative estimate of drug-likeness (QED) is 0.121. The molecule has 14 atom stereocenters. The number of halogens is 3. The Morgan fingerprint density at radius 2 is 1.73 bits per heavy atom. The molecule has 0 aliphatic carbocycles. The highest BCUT2D eigenvalue weighted by molar-refractivity contribution is 5.99. The van der Waals surface area contributed by atoms with E-state index in [0.29, 0.717) is 25.9 Å². The molecular weight excluding hydrogens is 840 g/mol. The molecule has 1 aromatic carbocycles. The second-order valence-electron chi connectivity index (χ2n) is 18.7. The molecule has 15 nitrogen and oxygen atoms in total. The van der Waals surface area contributed by atoms with Crippen LogP contribution in [0.5, 0.6) is 0 Å². The molecule has 0 unspecified atom stereocenters. The molecule has 2 aromatic rings. The van der Waals surface area contributed by atoms with Gasteiger partial charge in [0.15, 0.2) is 6.29 Å². The first kappa shape index (κ1) is 53.2. The highest BCUT2D eigenvalue weighted by Gasteiger charge is 2.50. The number of hydrogen-bond donors (Lipinski definition) is 7. The van der Waals surface area contributed by atoms with Crippen LogP contribution in [0.3, 0.4) is 0 Å². The molecule has 4 rings (SSSR count). The fourth-order valence-corrected chi connectivity index (χ4v) is 9.35. The zero-order valence-electron chi connectivity index (χ0n) is 39.1. The van der Waals surface area contributed by atoms with Crippen LogP contribution < -0.4 is 10.6 Å². The molecule has 2 saturated heterocycles. The lowest BCUT2D eigenvalue weighted by atomic mass is 9.78. The fourth-order valence-electron chi connectivity index (χ4n) is 9.35. The molecule has 1 aromatic heterocycles. The van der Waals surface area contributed by atoms with Crippen LogP contribution in [0.1, 0.15) is 103 Å². The molecule has 64 heavy (non-hydrogen) atoms. The number of nitrogens with one attached hydrogen (secondary N) is 2. The van der Waals surface area contributed by atoms with Gasteiger partial charge < -0.3 is 60.2 Å². The van der Waals surface area contributed by atoms with Crippen LogP contribution in [0.15, 0.2) is 36.5 Å². The monoisotopic (exact) mass is 912 g/mol. The van der Waals surface area contributed by atoms with Crippen LogP contribution in [-0.2, 0) is 25.2 Å². The summed E-state index contributed by atoms with van der Waals surface area (Å²) in [6.45, 7) is 15.8. The smallest absolute Gasteiger partial charge is 0.416 e. The highest BCUT2D eigenvalue weighted by atomic mass is 19.4. The van der Waals surface area contributed by atoms with Crippen molar-refractivity contribution in [2.75, 3.05) is 39.0 Å². The molecule has 0 bridgehead atoms. The van der Waals surface area contributed by atoms with Gasteiger partial charge in [0.1, 0.15) is 29.7 Å². The summed E-state index contributed by atoms with van der Waals surface area (Å²) >= 11 is 0. The maximum absolute atomic E-state index is 13.6. The molecule has 1 amide bonds. The zero-order valence-corrected chi connectivity index (χ0v) is 39.1. The van der Waals surface area contributed by atoms with E-state index in [1.165, 1.54) is 45.2 Å². The number of hydrogen-bond acceptors (Lipinski definition) is 14. The van der Waals surface area contributed by atoms with E-state index in [1.54, 1.807) is 40.8 Å². The zero-order chi connectivity index (χ0) is 48.1. The number of likely N-dealkylation sites (N-methyl/N-ethyl adjacent to an activating group) is 2. The highest BCUT2D eigenvalue weighted by Crippen LogP contribution is 2.38. The Hall–Kier alpha value is -3.46. The Labute approximate surface area is 375 Å². The number of anilines is 2. The van der Waals surface area contributed by atoms with Gasteiger partial charge in [0.2, 0.25) is 0 Å². The van der Waals surface area contributed by atoms with Gasteiger partial charge in [-0.3, -0.25) is 9.59 Å². The van der Waals surface area contributed by atoms with Gasteiger partial charge in [0.25, 0.3) is 5.91 Å². The number of aliphatic hydroxyl groups is 5. The number of alkyl halides is 3. The number of rotatable bonds is 11. The summed E-state index contributed by atoms with van der Waals surface area (Å²) in [6, 6.07) is 5.76. The number of aliphatic hydroxyl groups excluding tert-OH is 3. The molecule has 2 aliphatic heterocycles. The number of cyclic esters (lactones) is 1. The van der Waals surface area contributed by atoms with Crippen molar-refractivity contribution in [3.63, 3.8) is 0 Å². The van der Waals surface area contributed by atoms with Gasteiger partial charge in [-0.15, -0.1) is 0 Å². The van der Waals surface area contributed by atoms with Gasteiger partial charge in [-0.2, -0.15) is 13.2 Å². The number of esters is 1. The molecule has 18 heteroatoms. The van der Waals surface area contributed by atoms with Crippen molar-refractivity contribution in [1.82, 2.24) is 20.1 Å². The van der Waals surface area contributed by atoms with Crippen molar-refractivity contribution < 1.29 is 62.5 Å². The van der Waals surface area contributed by atoms with Crippen LogP contribution in [0.25, 0.3) is 0 Å². The van der Waals surface area contributed by atoms with E-state index < -0.39 is 102 Å². The largest absolute Gasteiger partial charge is 0.459 e. The normalized spacial score (nSPS) is 35.3. The average molecular weight is 912 g/mol. The predicted molar refractivity (Wildman–Crippen MR) is 235 cm³/mol. The van der Waals surface area contributed by atoms with Gasteiger partial charge >= 0.3 is 12.1 Å². The van der Waals surface area contributed by atoms with E-state index in [4.69, 9.17) is 14.2 Å². The van der Waals surface area contributed by atoms with Crippen molar-refractivity contribution in [3.05, 3.63) is 53.2 Å². The van der Waals surface area contributed by atoms with Gasteiger partial charge in [-0.05, 0) is 124 Å². The number of nitrogens with zero attached hydrogens (tertiary/aromatic N) is 3. The molecule has 2 fully saturated rings. The second kappa shape index (κ2) is 21.9. The Morgan fingerprint density at radius 3 is 2.38 bits per heavy atom. The predicted octanol–water partition coefficient (Wildman–Crippen LogP) is 4.63. The van der Waals surface area contributed by atoms with Crippen LogP contribution in [-0.4, -0.2) is 152 Å². The standard InChI is InChI=1S/C46H72F3N5O10/c1-12-35-45(9,61)38(57)30(7)54(11)24-25(2)23-44(8,60)39(28(5)36(55)29(6)42(59)63-35)64-43-37(56)34(22-26(3)62-43)53(10)21-15-20-51-41(58)31-16-14-19-50-40(31)52-33-18-13-17-32(27(33)4)46(47,48)49/h13-14,16-19,25-26,28-30,34-39,43,55-57,60-61H,12,15,20-24H2,1-11H3,(H,50,52)(H,51,58)/t25-,26-,28+,29-,30-,34+,35-,36+,37-,38-,39-,43+,44-,45-/m1/s1. The fraction of sp³-hybridized carbons (Fsp3) is 0.717. The molecule has 3 heterocycles. The molecule has 0 spiro atoms. The summed E-state index contributed by atoms with van der Waals surface area (Å²) in [5.74, 6) is -3.43. The van der Waals surface area contributed by atoms with Crippen molar-refractivity contribution in [3.8, 4) is 0 Å². The summed E-state index contributed by atoms with van der Waals surface area (Å²) in [5.41, 5.74) is -3.98. The Bertz CT molecular complexity index is 1860. The minimum atomic E-state index is -4.55. The summed E-state index contributed by atoms with van der Waals surface area (Å²) in [7, 11) is 3.62. The van der Waals surface area contributed by atoms with Crippen LogP contribution in [0.4, 0.5) is 24.7 Å². The summed E-state index contributed by atoms with van der Waals surface area (Å²) in [5, 5.41) is 64.4. The first-order chi connectivity index (χ1) is 29.7. The number of aromatic nitrogens is 1. The van der Waals surface area contributed by atoms with Crippen molar-refractivity contribution in [2.24, 2.45) is 17.8 Å². The summed E-state index contributed by atoms with van der Waals surface area (Å²) in [4.78, 5) is 34.9. The van der Waals surface area contributed by atoms with Crippen molar-refractivity contribution >= 4 is 23.4 Å². The first-order valence-electron chi connectivity index (χ1n) is 22.3. The van der Waals surface area contributed by atoms with E-state index in [9.17, 15) is 48.3 Å². The Kier molecular flexibility index (Phi) is 18.2. The maximum atomic E-state index is 13.6. The lowest BCUT2D eigenvalue weighted by Crippen LogP contribution is -2.59. The second-order valence-corrected chi connectivity index (χ2v) is 18.7. The average Bonchev–Trinajstić information content (AvgIpc) is 3.22. The molecule has 362 valence electrons. The minimum absolute atomic E-state index is 0.0326. The van der Waals surface area contributed by atoms with Crippen LogP contribution in [0, 0.1) is 24.7 Å². The van der Waals surface area contributed by atoms with Gasteiger partial charge in [-0.1, -0.05) is 26.8 Å². The van der Waals surface area contributed by atoms with Gasteiger partial charge in [-0.25, -0.2) is 4.98 Å². The van der Waals surface area contributed by atoms with E-state index >= 15 is 0 Å². The number of carbonyl (C=O) groups excluding carboxylic acids is 2. The lowest BCUT2D eigenvalue weighted by Gasteiger charge is -2.47. The number of carbonyl (C=O) groups is 2. The number of benzene rings is 1. The first-order valence-corrected chi connectivity index (χ1v) is 22.3.